The lowest BCUT2D eigenvalue weighted by atomic mass is 9.96. The summed E-state index contributed by atoms with van der Waals surface area (Å²) < 4.78 is 12.9. The van der Waals surface area contributed by atoms with Gasteiger partial charge in [0.1, 0.15) is 12.4 Å². The average Bonchev–Trinajstić information content (AvgIpc) is 3.58. The number of nitrogens with one attached hydrogen (secondary N) is 2. The fraction of sp³-hybridized carbons (Fsp3) is 0.370. The summed E-state index contributed by atoms with van der Waals surface area (Å²) in [7, 11) is 3.07. The lowest BCUT2D eigenvalue weighted by molar-refractivity contribution is -0.119. The van der Waals surface area contributed by atoms with Crippen LogP contribution in [0.4, 0.5) is 11.4 Å². The fourth-order valence-electron chi connectivity index (χ4n) is 5.21. The van der Waals surface area contributed by atoms with E-state index in [-0.39, 0.29) is 24.6 Å². The van der Waals surface area contributed by atoms with Crippen molar-refractivity contribution >= 4 is 34.6 Å². The van der Waals surface area contributed by atoms with Crippen molar-refractivity contribution in [2.24, 2.45) is 0 Å². The van der Waals surface area contributed by atoms with Crippen LogP contribution in [0.3, 0.4) is 0 Å². The lowest BCUT2D eigenvalue weighted by Crippen LogP contribution is -2.29. The Morgan fingerprint density at radius 2 is 2.00 bits per heavy atom. The summed E-state index contributed by atoms with van der Waals surface area (Å²) in [6, 6.07) is 14.2. The highest BCUT2D eigenvalue weighted by Crippen LogP contribution is 2.46. The Labute approximate surface area is 216 Å². The maximum atomic E-state index is 12.3. The SMILES string of the molecule is COCC(=O)Nc1cc(N2C(=S)N[C@@H](c3ccccn3)[C@H]2c2cc(C)n(C3CC3)c2C)ccc1OC. The summed E-state index contributed by atoms with van der Waals surface area (Å²) >= 11 is 5.90. The number of methoxy groups -OCH3 is 2. The highest BCUT2D eigenvalue weighted by atomic mass is 32.1. The van der Waals surface area contributed by atoms with E-state index in [0.29, 0.717) is 22.6 Å². The molecule has 2 aliphatic rings. The number of benzene rings is 1. The van der Waals surface area contributed by atoms with Gasteiger partial charge in [0.05, 0.1) is 30.6 Å². The number of aromatic nitrogens is 2. The van der Waals surface area contributed by atoms with Crippen LogP contribution in [0.1, 0.15) is 53.6 Å². The number of anilines is 2. The molecule has 1 amide bonds. The van der Waals surface area contributed by atoms with Crippen molar-refractivity contribution in [1.29, 1.82) is 0 Å². The first-order valence-electron chi connectivity index (χ1n) is 12.1. The van der Waals surface area contributed by atoms with Crippen LogP contribution in [0.25, 0.3) is 0 Å². The maximum Gasteiger partial charge on any atom is 0.250 e. The quantitative estimate of drug-likeness (QED) is 0.433. The number of hydrogen-bond acceptors (Lipinski definition) is 5. The third-order valence-electron chi connectivity index (χ3n) is 6.86. The zero-order chi connectivity index (χ0) is 25.4. The molecule has 2 atom stereocenters. The Kier molecular flexibility index (Phi) is 6.68. The fourth-order valence-corrected chi connectivity index (χ4v) is 5.55. The predicted octanol–water partition coefficient (Wildman–Crippen LogP) is 4.61. The van der Waals surface area contributed by atoms with E-state index in [4.69, 9.17) is 21.7 Å². The minimum Gasteiger partial charge on any atom is -0.495 e. The van der Waals surface area contributed by atoms with Crippen molar-refractivity contribution in [2.45, 2.75) is 44.8 Å². The van der Waals surface area contributed by atoms with E-state index in [9.17, 15) is 4.79 Å². The van der Waals surface area contributed by atoms with Gasteiger partial charge < -0.3 is 29.6 Å². The first-order chi connectivity index (χ1) is 17.4. The van der Waals surface area contributed by atoms with Crippen LogP contribution in [-0.4, -0.2) is 41.4 Å². The molecule has 5 rings (SSSR count). The molecule has 1 aliphatic carbocycles. The maximum absolute atomic E-state index is 12.3. The van der Waals surface area contributed by atoms with Gasteiger partial charge in [-0.15, -0.1) is 0 Å². The molecule has 3 heterocycles. The highest BCUT2D eigenvalue weighted by Gasteiger charge is 2.43. The number of amides is 1. The Morgan fingerprint density at radius 1 is 1.19 bits per heavy atom. The summed E-state index contributed by atoms with van der Waals surface area (Å²) in [5.41, 5.74) is 6.04. The first kappa shape index (κ1) is 24.3. The smallest absolute Gasteiger partial charge is 0.250 e. The van der Waals surface area contributed by atoms with Gasteiger partial charge >= 0.3 is 0 Å². The van der Waals surface area contributed by atoms with E-state index >= 15 is 0 Å². The van der Waals surface area contributed by atoms with E-state index in [2.05, 4.69) is 45.0 Å². The highest BCUT2D eigenvalue weighted by molar-refractivity contribution is 7.80. The predicted molar refractivity (Wildman–Crippen MR) is 144 cm³/mol. The first-order valence-corrected chi connectivity index (χ1v) is 12.5. The number of ether oxygens (including phenoxy) is 2. The van der Waals surface area contributed by atoms with E-state index in [1.54, 1.807) is 7.11 Å². The number of carbonyl (C=O) groups is 1. The Bertz CT molecular complexity index is 1290. The van der Waals surface area contributed by atoms with Gasteiger partial charge in [-0.2, -0.15) is 0 Å². The third kappa shape index (κ3) is 4.44. The minimum absolute atomic E-state index is 0.0470. The number of nitrogens with zero attached hydrogens (tertiary/aromatic N) is 3. The summed E-state index contributed by atoms with van der Waals surface area (Å²) in [6.07, 6.45) is 4.24. The third-order valence-corrected chi connectivity index (χ3v) is 7.18. The Morgan fingerprint density at radius 3 is 2.67 bits per heavy atom. The number of hydrogen-bond donors (Lipinski definition) is 2. The molecule has 1 saturated heterocycles. The normalized spacial score (nSPS) is 19.3. The van der Waals surface area contributed by atoms with Crippen molar-refractivity contribution in [3.8, 4) is 5.75 Å². The number of pyridine rings is 1. The van der Waals surface area contributed by atoms with E-state index in [1.165, 1.54) is 36.9 Å². The molecule has 188 valence electrons. The molecule has 1 aromatic carbocycles. The Hall–Kier alpha value is -3.43. The summed E-state index contributed by atoms with van der Waals surface area (Å²) in [4.78, 5) is 19.1. The van der Waals surface area contributed by atoms with Crippen molar-refractivity contribution in [2.75, 3.05) is 31.0 Å². The second kappa shape index (κ2) is 9.91. The number of carbonyl (C=O) groups excluding carboxylic acids is 1. The van der Waals surface area contributed by atoms with Gasteiger partial charge in [0.2, 0.25) is 5.91 Å². The van der Waals surface area contributed by atoms with Crippen LogP contribution < -0.4 is 20.3 Å². The molecule has 36 heavy (non-hydrogen) atoms. The zero-order valence-corrected chi connectivity index (χ0v) is 21.8. The zero-order valence-electron chi connectivity index (χ0n) is 20.9. The monoisotopic (exact) mass is 505 g/mol. The lowest BCUT2D eigenvalue weighted by Gasteiger charge is -2.29. The van der Waals surface area contributed by atoms with Crippen LogP contribution in [0.2, 0.25) is 0 Å². The van der Waals surface area contributed by atoms with Crippen LogP contribution in [-0.2, 0) is 9.53 Å². The van der Waals surface area contributed by atoms with Gasteiger partial charge in [-0.05, 0) is 80.9 Å². The topological polar surface area (TPSA) is 80.7 Å². The summed E-state index contributed by atoms with van der Waals surface area (Å²) in [5.74, 6) is 0.303. The molecule has 2 N–H and O–H groups in total. The van der Waals surface area contributed by atoms with E-state index < -0.39 is 0 Å². The van der Waals surface area contributed by atoms with Crippen molar-refractivity contribution in [3.05, 3.63) is 71.3 Å². The molecule has 0 radical (unpaired) electrons. The molecular weight excluding hydrogens is 474 g/mol. The van der Waals surface area contributed by atoms with Gasteiger partial charge in [0.25, 0.3) is 0 Å². The molecule has 2 aromatic heterocycles. The Balaban J connectivity index is 1.61. The molecular formula is C27H31N5O3S. The molecule has 3 aromatic rings. The summed E-state index contributed by atoms with van der Waals surface area (Å²) in [5, 5.41) is 7.02. The molecule has 8 nitrogen and oxygen atoms in total. The number of rotatable bonds is 8. The molecule has 9 heteroatoms. The molecule has 0 unspecified atom stereocenters. The van der Waals surface area contributed by atoms with Crippen LogP contribution >= 0.6 is 12.2 Å². The second-order valence-corrected chi connectivity index (χ2v) is 9.68. The van der Waals surface area contributed by atoms with E-state index in [1.807, 2.05) is 42.6 Å². The molecule has 1 saturated carbocycles. The van der Waals surface area contributed by atoms with Gasteiger partial charge in [-0.3, -0.25) is 9.78 Å². The molecule has 0 bridgehead atoms. The largest absolute Gasteiger partial charge is 0.495 e. The van der Waals surface area contributed by atoms with E-state index in [0.717, 1.165) is 11.4 Å². The minimum atomic E-state index is -0.258. The average molecular weight is 506 g/mol. The van der Waals surface area contributed by atoms with Gasteiger partial charge in [-0.25, -0.2) is 0 Å². The molecule has 0 spiro atoms. The second-order valence-electron chi connectivity index (χ2n) is 9.29. The molecule has 2 fully saturated rings. The van der Waals surface area contributed by atoms with Gasteiger partial charge in [0, 0.05) is 36.4 Å². The standard InChI is InChI=1S/C27H31N5O3S/c1-16-13-20(17(2)31(16)18-8-9-18)26-25(21-7-5-6-12-28-21)30-27(36)32(26)19-10-11-23(35-4)22(14-19)29-24(33)15-34-3/h5-7,10-14,18,25-26H,8-9,15H2,1-4H3,(H,29,33)(H,30,36)/t25-,26+/m0/s1. The van der Waals surface area contributed by atoms with Gasteiger partial charge in [-0.1, -0.05) is 6.07 Å². The van der Waals surface area contributed by atoms with Crippen molar-refractivity contribution in [3.63, 3.8) is 0 Å². The van der Waals surface area contributed by atoms with Crippen molar-refractivity contribution in [1.82, 2.24) is 14.9 Å². The molecule has 1 aliphatic heterocycles. The van der Waals surface area contributed by atoms with Crippen LogP contribution in [0, 0.1) is 13.8 Å². The van der Waals surface area contributed by atoms with Crippen molar-refractivity contribution < 1.29 is 14.3 Å². The van der Waals surface area contributed by atoms with Gasteiger partial charge in [0.15, 0.2) is 5.11 Å². The van der Waals surface area contributed by atoms with Crippen LogP contribution in [0.15, 0.2) is 48.7 Å². The number of aryl methyl sites for hydroxylation is 1. The summed E-state index contributed by atoms with van der Waals surface area (Å²) in [6.45, 7) is 4.32. The van der Waals surface area contributed by atoms with Crippen LogP contribution in [0.5, 0.6) is 5.75 Å². The number of thiocarbonyl (C=S) groups is 1.